The largest absolute Gasteiger partial charge is 0.497 e. The van der Waals surface area contributed by atoms with Gasteiger partial charge in [0.25, 0.3) is 5.91 Å². The summed E-state index contributed by atoms with van der Waals surface area (Å²) in [4.78, 5) is 24.0. The highest BCUT2D eigenvalue weighted by molar-refractivity contribution is 5.94. The smallest absolute Gasteiger partial charge is 0.251 e. The SMILES string of the molecule is COc1cccc(C(=O)NCC2CCC(Nc3nc(N(C)C)c4ccccc4n3)CC2)c1. The van der Waals surface area contributed by atoms with Crippen molar-refractivity contribution in [1.82, 2.24) is 15.3 Å². The summed E-state index contributed by atoms with van der Waals surface area (Å²) in [6.45, 7) is 0.694. The predicted octanol–water partition coefficient (Wildman–Crippen LogP) is 4.11. The first-order valence-corrected chi connectivity index (χ1v) is 11.2. The van der Waals surface area contributed by atoms with E-state index in [-0.39, 0.29) is 5.91 Å². The molecule has 0 bridgehead atoms. The maximum absolute atomic E-state index is 12.5. The molecular weight excluding hydrogens is 402 g/mol. The van der Waals surface area contributed by atoms with Crippen LogP contribution in [0.1, 0.15) is 36.0 Å². The van der Waals surface area contributed by atoms with Crippen LogP contribution >= 0.6 is 0 Å². The lowest BCUT2D eigenvalue weighted by atomic mass is 9.86. The van der Waals surface area contributed by atoms with Gasteiger partial charge in [-0.1, -0.05) is 18.2 Å². The third-order valence-electron chi connectivity index (χ3n) is 6.07. The first kappa shape index (κ1) is 21.9. The maximum Gasteiger partial charge on any atom is 0.251 e. The number of amides is 1. The molecular formula is C25H31N5O2. The van der Waals surface area contributed by atoms with E-state index in [0.717, 1.165) is 42.4 Å². The molecule has 0 radical (unpaired) electrons. The van der Waals surface area contributed by atoms with E-state index in [9.17, 15) is 4.79 Å². The number of hydrogen-bond acceptors (Lipinski definition) is 6. The average molecular weight is 434 g/mol. The van der Waals surface area contributed by atoms with Crippen molar-refractivity contribution in [3.8, 4) is 5.75 Å². The molecule has 3 aromatic rings. The van der Waals surface area contributed by atoms with E-state index < -0.39 is 0 Å². The number of nitrogens with zero attached hydrogens (tertiary/aromatic N) is 3. The number of para-hydroxylation sites is 1. The van der Waals surface area contributed by atoms with Gasteiger partial charge < -0.3 is 20.3 Å². The van der Waals surface area contributed by atoms with E-state index in [2.05, 4.69) is 16.7 Å². The van der Waals surface area contributed by atoms with Gasteiger partial charge in [-0.15, -0.1) is 0 Å². The van der Waals surface area contributed by atoms with Crippen molar-refractivity contribution in [3.05, 3.63) is 54.1 Å². The number of carbonyl (C=O) groups excluding carboxylic acids is 1. The molecule has 0 unspecified atom stereocenters. The van der Waals surface area contributed by atoms with Crippen LogP contribution in [0.4, 0.5) is 11.8 Å². The Balaban J connectivity index is 1.31. The van der Waals surface area contributed by atoms with Gasteiger partial charge in [0.1, 0.15) is 11.6 Å². The standard InChI is InChI=1S/C25H31N5O2/c1-30(2)23-21-9-4-5-10-22(21)28-25(29-23)27-19-13-11-17(12-14-19)16-26-24(31)18-7-6-8-20(15-18)32-3/h4-10,15,17,19H,11-14,16H2,1-3H3,(H,26,31)(H,27,28,29). The minimum Gasteiger partial charge on any atom is -0.497 e. The minimum absolute atomic E-state index is 0.0510. The summed E-state index contributed by atoms with van der Waals surface area (Å²) in [6.07, 6.45) is 4.19. The molecule has 7 nitrogen and oxygen atoms in total. The van der Waals surface area contributed by atoms with E-state index in [1.807, 2.05) is 55.4 Å². The zero-order chi connectivity index (χ0) is 22.5. The number of ether oxygens (including phenoxy) is 1. The number of anilines is 2. The number of fused-ring (bicyclic) bond motifs is 1. The van der Waals surface area contributed by atoms with Crippen molar-refractivity contribution in [2.24, 2.45) is 5.92 Å². The van der Waals surface area contributed by atoms with Crippen LogP contribution in [0.15, 0.2) is 48.5 Å². The quantitative estimate of drug-likeness (QED) is 0.584. The number of hydrogen-bond donors (Lipinski definition) is 2. The Morgan fingerprint density at radius 3 is 2.59 bits per heavy atom. The highest BCUT2D eigenvalue weighted by atomic mass is 16.5. The summed E-state index contributed by atoms with van der Waals surface area (Å²) < 4.78 is 5.20. The van der Waals surface area contributed by atoms with Crippen LogP contribution < -0.4 is 20.3 Å². The Labute approximate surface area is 189 Å². The molecule has 1 fully saturated rings. The van der Waals surface area contributed by atoms with Gasteiger partial charge in [0.15, 0.2) is 0 Å². The number of carbonyl (C=O) groups is 1. The number of methoxy groups -OCH3 is 1. The lowest BCUT2D eigenvalue weighted by Crippen LogP contribution is -2.34. The first-order valence-electron chi connectivity index (χ1n) is 11.2. The monoisotopic (exact) mass is 433 g/mol. The topological polar surface area (TPSA) is 79.4 Å². The maximum atomic E-state index is 12.5. The zero-order valence-electron chi connectivity index (χ0n) is 19.0. The average Bonchev–Trinajstić information content (AvgIpc) is 2.82. The molecule has 1 aliphatic rings. The van der Waals surface area contributed by atoms with Crippen LogP contribution in [-0.2, 0) is 0 Å². The fraction of sp³-hybridized carbons (Fsp3) is 0.400. The van der Waals surface area contributed by atoms with Crippen LogP contribution in [0.25, 0.3) is 10.9 Å². The second kappa shape index (κ2) is 9.85. The van der Waals surface area contributed by atoms with Crippen LogP contribution in [0, 0.1) is 5.92 Å². The highest BCUT2D eigenvalue weighted by Crippen LogP contribution is 2.28. The van der Waals surface area contributed by atoms with Crippen LogP contribution in [-0.4, -0.2) is 49.7 Å². The molecule has 4 rings (SSSR count). The third kappa shape index (κ3) is 5.10. The first-order chi connectivity index (χ1) is 15.5. The fourth-order valence-electron chi connectivity index (χ4n) is 4.26. The number of nitrogens with one attached hydrogen (secondary N) is 2. The molecule has 1 aliphatic carbocycles. The minimum atomic E-state index is -0.0510. The highest BCUT2D eigenvalue weighted by Gasteiger charge is 2.23. The van der Waals surface area contributed by atoms with Gasteiger partial charge in [-0.3, -0.25) is 4.79 Å². The molecule has 0 atom stereocenters. The summed E-state index contributed by atoms with van der Waals surface area (Å²) in [6, 6.07) is 15.7. The van der Waals surface area contributed by atoms with Crippen molar-refractivity contribution in [1.29, 1.82) is 0 Å². The van der Waals surface area contributed by atoms with Gasteiger partial charge in [0.2, 0.25) is 5.95 Å². The Morgan fingerprint density at radius 1 is 1.06 bits per heavy atom. The van der Waals surface area contributed by atoms with E-state index in [1.54, 1.807) is 13.2 Å². The van der Waals surface area contributed by atoms with Gasteiger partial charge in [0.05, 0.1) is 12.6 Å². The second-order valence-corrected chi connectivity index (χ2v) is 8.59. The summed E-state index contributed by atoms with van der Waals surface area (Å²) in [5, 5.41) is 7.68. The Kier molecular flexibility index (Phi) is 6.73. The number of benzene rings is 2. The number of rotatable bonds is 7. The van der Waals surface area contributed by atoms with Crippen molar-refractivity contribution < 1.29 is 9.53 Å². The predicted molar refractivity (Wildman–Crippen MR) is 129 cm³/mol. The Morgan fingerprint density at radius 2 is 1.84 bits per heavy atom. The lowest BCUT2D eigenvalue weighted by molar-refractivity contribution is 0.0943. The lowest BCUT2D eigenvalue weighted by Gasteiger charge is -2.29. The van der Waals surface area contributed by atoms with Gasteiger partial charge in [-0.2, -0.15) is 4.98 Å². The molecule has 1 heterocycles. The van der Waals surface area contributed by atoms with E-state index in [4.69, 9.17) is 14.7 Å². The summed E-state index contributed by atoms with van der Waals surface area (Å²) >= 11 is 0. The second-order valence-electron chi connectivity index (χ2n) is 8.59. The Hall–Kier alpha value is -3.35. The van der Waals surface area contributed by atoms with Gasteiger partial charge in [-0.25, -0.2) is 4.98 Å². The van der Waals surface area contributed by atoms with Crippen LogP contribution in [0.5, 0.6) is 5.75 Å². The van der Waals surface area contributed by atoms with Gasteiger partial charge in [-0.05, 0) is 61.9 Å². The third-order valence-corrected chi connectivity index (χ3v) is 6.07. The van der Waals surface area contributed by atoms with E-state index in [1.165, 1.54) is 0 Å². The molecule has 168 valence electrons. The van der Waals surface area contributed by atoms with Crippen molar-refractivity contribution in [2.45, 2.75) is 31.7 Å². The van der Waals surface area contributed by atoms with Crippen molar-refractivity contribution in [2.75, 3.05) is 38.0 Å². The van der Waals surface area contributed by atoms with Crippen molar-refractivity contribution in [3.63, 3.8) is 0 Å². The molecule has 2 aromatic carbocycles. The summed E-state index contributed by atoms with van der Waals surface area (Å²) in [7, 11) is 5.61. The summed E-state index contributed by atoms with van der Waals surface area (Å²) in [5.41, 5.74) is 1.58. The van der Waals surface area contributed by atoms with Crippen LogP contribution in [0.2, 0.25) is 0 Å². The van der Waals surface area contributed by atoms with Gasteiger partial charge in [0, 0.05) is 37.6 Å². The van der Waals surface area contributed by atoms with Crippen molar-refractivity contribution >= 4 is 28.6 Å². The zero-order valence-corrected chi connectivity index (χ0v) is 19.0. The molecule has 32 heavy (non-hydrogen) atoms. The summed E-state index contributed by atoms with van der Waals surface area (Å²) in [5.74, 6) is 2.73. The molecule has 0 aliphatic heterocycles. The molecule has 2 N–H and O–H groups in total. The van der Waals surface area contributed by atoms with Crippen LogP contribution in [0.3, 0.4) is 0 Å². The molecule has 1 aromatic heterocycles. The Bertz CT molecular complexity index is 1080. The molecule has 7 heteroatoms. The molecule has 0 spiro atoms. The fourth-order valence-corrected chi connectivity index (χ4v) is 4.26. The number of aromatic nitrogens is 2. The van der Waals surface area contributed by atoms with E-state index in [0.29, 0.717) is 35.8 Å². The van der Waals surface area contributed by atoms with E-state index >= 15 is 0 Å². The molecule has 1 amide bonds. The molecule has 0 saturated heterocycles. The normalized spacial score (nSPS) is 18.2. The molecule has 1 saturated carbocycles. The van der Waals surface area contributed by atoms with Gasteiger partial charge >= 0.3 is 0 Å².